The summed E-state index contributed by atoms with van der Waals surface area (Å²) in [6.07, 6.45) is -20.2. The normalized spacial score (nSPS) is 60.1. The van der Waals surface area contributed by atoms with Crippen LogP contribution in [0.3, 0.4) is 0 Å². The number of ketones is 2. The van der Waals surface area contributed by atoms with Crippen molar-refractivity contribution in [1.29, 1.82) is 0 Å². The van der Waals surface area contributed by atoms with Gasteiger partial charge in [0.15, 0.2) is 24.0 Å². The van der Waals surface area contributed by atoms with Gasteiger partial charge in [0.2, 0.25) is 0 Å². The van der Waals surface area contributed by atoms with Crippen LogP contribution < -0.4 is 0 Å². The lowest BCUT2D eigenvalue weighted by molar-refractivity contribution is -0.293. The van der Waals surface area contributed by atoms with Crippen molar-refractivity contribution in [2.75, 3.05) is 6.61 Å². The second-order valence-corrected chi connectivity index (χ2v) is 10.9. The Labute approximate surface area is 231 Å². The smallest absolute Gasteiger partial charge is 0.335 e. The Balaban J connectivity index is 1.56. The van der Waals surface area contributed by atoms with Gasteiger partial charge in [0.05, 0.1) is 10.2 Å². The van der Waals surface area contributed by atoms with Crippen LogP contribution in [0.4, 0.5) is 0 Å². The number of ether oxygens (including phenoxy) is 2. The van der Waals surface area contributed by atoms with Gasteiger partial charge in [-0.1, -0.05) is 25.5 Å². The maximum Gasteiger partial charge on any atom is 0.335 e. The van der Waals surface area contributed by atoms with E-state index < -0.39 is 138 Å². The summed E-state index contributed by atoms with van der Waals surface area (Å²) in [6, 6.07) is -1.73. The zero-order valence-electron chi connectivity index (χ0n) is 28.7. The van der Waals surface area contributed by atoms with E-state index in [1.807, 2.05) is 0 Å². The summed E-state index contributed by atoms with van der Waals surface area (Å²) in [5.74, 6) is -9.61. The predicted molar refractivity (Wildman–Crippen MR) is 128 cm³/mol. The van der Waals surface area contributed by atoms with Crippen LogP contribution in [0.1, 0.15) is 56.8 Å². The second-order valence-electron chi connectivity index (χ2n) is 10.9. The number of hydrogen-bond acceptors (Lipinski definition) is 10. The van der Waals surface area contributed by atoms with Crippen LogP contribution in [0.25, 0.3) is 0 Å². The third-order valence-corrected chi connectivity index (χ3v) is 8.87. The molecule has 11 nitrogen and oxygen atoms in total. The number of allylic oxidation sites excluding steroid dienone is 4. The monoisotopic (exact) mass is 544 g/mol. The molecule has 38 heavy (non-hydrogen) atoms. The van der Waals surface area contributed by atoms with Gasteiger partial charge < -0.3 is 40.1 Å². The number of aliphatic hydroxyl groups excluding tert-OH is 3. The Hall–Kier alpha value is -1.99. The molecule has 1 saturated heterocycles. The third-order valence-electron chi connectivity index (χ3n) is 8.87. The number of hydrogen-bond donors (Lipinski definition) is 6. The van der Waals surface area contributed by atoms with Crippen molar-refractivity contribution in [3.8, 4) is 0 Å². The zero-order valence-corrected chi connectivity index (χ0v) is 20.7. The number of carboxylic acids is 1. The summed E-state index contributed by atoms with van der Waals surface area (Å²) in [5.41, 5.74) is -7.97. The van der Waals surface area contributed by atoms with E-state index in [1.54, 1.807) is 0 Å². The lowest BCUT2D eigenvalue weighted by Crippen LogP contribution is -2.62. The van der Waals surface area contributed by atoms with E-state index in [-0.39, 0.29) is 6.42 Å². The molecule has 5 aliphatic rings. The Kier molecular flexibility index (Phi) is 4.68. The minimum Gasteiger partial charge on any atom is -0.479 e. The summed E-state index contributed by atoms with van der Waals surface area (Å²) in [6.45, 7) is 1.08. The number of carboxylic acid groups (broad SMARTS) is 1. The van der Waals surface area contributed by atoms with Crippen LogP contribution >= 0.6 is 0 Å². The fourth-order valence-electron chi connectivity index (χ4n) is 6.69. The van der Waals surface area contributed by atoms with E-state index in [1.165, 1.54) is 6.92 Å². The van der Waals surface area contributed by atoms with Crippen LogP contribution in [0, 0.1) is 28.6 Å². The summed E-state index contributed by atoms with van der Waals surface area (Å²) in [7, 11) is 0. The third kappa shape index (κ3) is 3.86. The van der Waals surface area contributed by atoms with Gasteiger partial charge in [0.1, 0.15) is 30.5 Å². The van der Waals surface area contributed by atoms with Crippen LogP contribution in [0.5, 0.6) is 0 Å². The largest absolute Gasteiger partial charge is 0.479 e. The van der Waals surface area contributed by atoms with Crippen molar-refractivity contribution in [1.82, 2.24) is 0 Å². The van der Waals surface area contributed by atoms with Crippen LogP contribution in [0.2, 0.25) is 0 Å². The van der Waals surface area contributed by atoms with Crippen molar-refractivity contribution in [2.24, 2.45) is 28.6 Å². The number of fused-ring (bicyclic) bond motifs is 5. The average molecular weight is 545 g/mol. The lowest BCUT2D eigenvalue weighted by atomic mass is 9.46. The first-order valence-corrected chi connectivity index (χ1v) is 12.3. The van der Waals surface area contributed by atoms with Gasteiger partial charge in [-0.3, -0.25) is 9.59 Å². The maximum absolute atomic E-state index is 13.7. The van der Waals surface area contributed by atoms with Crippen LogP contribution in [-0.2, 0) is 23.9 Å². The van der Waals surface area contributed by atoms with Gasteiger partial charge >= 0.3 is 5.97 Å². The van der Waals surface area contributed by atoms with Crippen molar-refractivity contribution >= 4 is 17.5 Å². The van der Waals surface area contributed by atoms with Gasteiger partial charge in [0.25, 0.3) is 0 Å². The highest BCUT2D eigenvalue weighted by Crippen LogP contribution is 2.67. The molecule has 11 heteroatoms. The first kappa shape index (κ1) is 19.1. The molecule has 0 aromatic heterocycles. The summed E-state index contributed by atoms with van der Waals surface area (Å²) in [5, 5.41) is 63.4. The van der Waals surface area contributed by atoms with Gasteiger partial charge in [0, 0.05) is 23.6 Å². The molecular weight excluding hydrogens is 500 g/mol. The van der Waals surface area contributed by atoms with E-state index in [9.17, 15) is 46.4 Å². The Morgan fingerprint density at radius 3 is 2.61 bits per heavy atom. The first-order valence-electron chi connectivity index (χ1n) is 16.3. The zero-order chi connectivity index (χ0) is 35.0. The summed E-state index contributed by atoms with van der Waals surface area (Å²) >= 11 is 0. The topological polar surface area (TPSA) is 191 Å². The predicted octanol–water partition coefficient (Wildman–Crippen LogP) is -0.526. The standard InChI is InChI=1S/C27H36O11/c1-25-7-5-13(28)9-12(25)3-4-14-15-6-8-27(36,26(15,2)10-16(29)18(14)25)17(30)11-37-24-21(33)19(31)20(32)22(38-24)23(34)35/h5,7,9,14-16,18-22,24,29,31-33,36H,3-4,6,8,10-11H2,1-2H3,(H,34,35)/t14-,15-,16-,18+,19-,20-,21+,22-,24+,25-,26-,27-/m0/s1/i3D2,5D,9D,10D2,16D,18D. The second kappa shape index (κ2) is 9.29. The molecule has 3 saturated carbocycles. The van der Waals surface area contributed by atoms with E-state index in [0.29, 0.717) is 0 Å². The number of rotatable bonds is 5. The molecule has 0 bridgehead atoms. The van der Waals surface area contributed by atoms with E-state index in [0.717, 1.165) is 13.0 Å². The van der Waals surface area contributed by atoms with Crippen molar-refractivity contribution in [3.63, 3.8) is 0 Å². The molecule has 6 N–H and O–H groups in total. The van der Waals surface area contributed by atoms with Crippen LogP contribution in [0.15, 0.2) is 23.8 Å². The molecule has 0 unspecified atom stereocenters. The molecule has 1 aliphatic heterocycles. The highest BCUT2D eigenvalue weighted by molar-refractivity contribution is 6.01. The van der Waals surface area contributed by atoms with E-state index >= 15 is 0 Å². The van der Waals surface area contributed by atoms with Crippen LogP contribution in [-0.4, -0.2) is 97.2 Å². The molecule has 0 aromatic carbocycles. The molecule has 1 heterocycles. The summed E-state index contributed by atoms with van der Waals surface area (Å²) < 4.78 is 81.4. The fourth-order valence-corrected chi connectivity index (χ4v) is 6.69. The van der Waals surface area contributed by atoms with Gasteiger partial charge in [-0.25, -0.2) is 4.79 Å². The van der Waals surface area contributed by atoms with Crippen molar-refractivity contribution in [2.45, 2.75) is 88.2 Å². The SMILES string of the molecule is [2H]C1=C[C@@]2(C)C(=C([2H])C1=O)C([2H])([2H])C[C@H]1[C@@H]3CC[C@](O)(C(=O)CO[C@@H]4O[C@H](C(=O)O)[C@@H](O)[C@H](O)[C@H]4O)[C@@]3(C)C([2H])([2H])[C@]([2H])(O)[C@@]12[2H]. The molecule has 12 atom stereocenters. The van der Waals surface area contributed by atoms with Gasteiger partial charge in [-0.15, -0.1) is 0 Å². The lowest BCUT2D eigenvalue weighted by Gasteiger charge is -2.59. The summed E-state index contributed by atoms with van der Waals surface area (Å²) in [4.78, 5) is 37.7. The Morgan fingerprint density at radius 1 is 1.21 bits per heavy atom. The molecule has 0 radical (unpaired) electrons. The minimum atomic E-state index is -3.57. The molecule has 5 rings (SSSR count). The van der Waals surface area contributed by atoms with Crippen molar-refractivity contribution < 1.29 is 65.5 Å². The Morgan fingerprint density at radius 2 is 1.92 bits per heavy atom. The number of aliphatic carboxylic acids is 1. The Bertz CT molecular complexity index is 1450. The minimum absolute atomic E-state index is 0.219. The van der Waals surface area contributed by atoms with E-state index in [4.69, 9.17) is 19.1 Å². The number of carbonyl (C=O) groups excluding carboxylic acids is 2. The maximum atomic E-state index is 13.7. The number of Topliss-reactive ketones (excluding diaryl/α,β-unsaturated/α-hetero) is 1. The van der Waals surface area contributed by atoms with E-state index in [2.05, 4.69) is 0 Å². The molecular formula is C27H36O11. The number of aliphatic hydroxyl groups is 5. The van der Waals surface area contributed by atoms with Crippen molar-refractivity contribution in [3.05, 3.63) is 23.8 Å². The molecule has 0 amide bonds. The highest BCUT2D eigenvalue weighted by Gasteiger charge is 2.68. The molecule has 4 aliphatic carbocycles. The number of carbonyl (C=O) groups is 3. The highest BCUT2D eigenvalue weighted by atomic mass is 16.7. The van der Waals surface area contributed by atoms with Gasteiger partial charge in [-0.05, 0) is 55.9 Å². The van der Waals surface area contributed by atoms with Gasteiger partial charge in [-0.2, -0.15) is 0 Å². The molecule has 4 fully saturated rings. The molecule has 0 aromatic rings. The average Bonchev–Trinajstić information content (AvgIpc) is 3.23. The fraction of sp³-hybridized carbons (Fsp3) is 0.741. The molecule has 0 spiro atoms. The molecule has 210 valence electrons. The first-order chi connectivity index (χ1) is 20.8. The quantitative estimate of drug-likeness (QED) is 0.261.